The van der Waals surface area contributed by atoms with Gasteiger partial charge in [-0.1, -0.05) is 18.2 Å². The fraction of sp³-hybridized carbons (Fsp3) is 0.231. The molecule has 90 valence electrons. The van der Waals surface area contributed by atoms with Crippen LogP contribution in [0.3, 0.4) is 0 Å². The number of rotatable bonds is 4. The Kier molecular flexibility index (Phi) is 3.66. The van der Waals surface area contributed by atoms with Crippen LogP contribution < -0.4 is 10.5 Å². The topological polar surface area (TPSA) is 55.5 Å². The van der Waals surface area contributed by atoms with Crippen LogP contribution in [-0.2, 0) is 6.42 Å². The van der Waals surface area contributed by atoms with E-state index in [1.165, 1.54) is 0 Å². The molecule has 3 nitrogen and oxygen atoms in total. The summed E-state index contributed by atoms with van der Waals surface area (Å²) in [6, 6.07) is 9.43. The van der Waals surface area contributed by atoms with Gasteiger partial charge < -0.3 is 15.6 Å². The molecule has 2 rings (SSSR count). The number of nitrogens with two attached hydrogens (primary N) is 1. The molecule has 0 aliphatic rings. The number of anilines is 1. The van der Waals surface area contributed by atoms with Crippen molar-refractivity contribution in [2.75, 3.05) is 12.8 Å². The number of hydrogen-bond donors (Lipinski definition) is 2. The van der Waals surface area contributed by atoms with E-state index in [0.29, 0.717) is 17.9 Å². The number of aliphatic hydroxyl groups excluding tert-OH is 1. The highest BCUT2D eigenvalue weighted by molar-refractivity contribution is 7.09. The van der Waals surface area contributed by atoms with Crippen LogP contribution >= 0.6 is 11.3 Å². The molecule has 1 unspecified atom stereocenters. The molecule has 0 fully saturated rings. The van der Waals surface area contributed by atoms with Gasteiger partial charge in [0.2, 0.25) is 0 Å². The molecule has 0 spiro atoms. The van der Waals surface area contributed by atoms with Crippen LogP contribution in [0.2, 0.25) is 0 Å². The normalized spacial score (nSPS) is 12.4. The predicted octanol–water partition coefficient (Wildman–Crippen LogP) is 2.62. The maximum Gasteiger partial charge on any atom is 0.142 e. The smallest absolute Gasteiger partial charge is 0.142 e. The largest absolute Gasteiger partial charge is 0.495 e. The number of aliphatic hydroxyl groups is 1. The van der Waals surface area contributed by atoms with Crippen LogP contribution in [0, 0.1) is 0 Å². The van der Waals surface area contributed by atoms with Crippen molar-refractivity contribution in [2.45, 2.75) is 12.5 Å². The molecule has 0 saturated heterocycles. The van der Waals surface area contributed by atoms with Crippen LogP contribution in [0.5, 0.6) is 5.75 Å². The maximum absolute atomic E-state index is 10.2. The molecule has 0 bridgehead atoms. The Balaban J connectivity index is 2.22. The molecule has 0 radical (unpaired) electrons. The lowest BCUT2D eigenvalue weighted by atomic mass is 10.0. The molecule has 0 amide bonds. The van der Waals surface area contributed by atoms with E-state index in [1.54, 1.807) is 24.5 Å². The van der Waals surface area contributed by atoms with Gasteiger partial charge in [-0.05, 0) is 17.5 Å². The highest BCUT2D eigenvalue weighted by Gasteiger charge is 2.14. The van der Waals surface area contributed by atoms with Gasteiger partial charge in [0.25, 0.3) is 0 Å². The van der Waals surface area contributed by atoms with Crippen LogP contribution in [-0.4, -0.2) is 12.2 Å². The second-order valence-electron chi connectivity index (χ2n) is 3.76. The van der Waals surface area contributed by atoms with Gasteiger partial charge in [0.05, 0.1) is 18.9 Å². The summed E-state index contributed by atoms with van der Waals surface area (Å²) in [5, 5.41) is 12.2. The van der Waals surface area contributed by atoms with E-state index in [0.717, 1.165) is 10.4 Å². The molecule has 0 aliphatic carbocycles. The van der Waals surface area contributed by atoms with Gasteiger partial charge in [0.15, 0.2) is 0 Å². The van der Waals surface area contributed by atoms with E-state index in [1.807, 2.05) is 29.6 Å². The van der Waals surface area contributed by atoms with Crippen molar-refractivity contribution in [1.29, 1.82) is 0 Å². The molecule has 2 aromatic rings. The number of thiophene rings is 1. The molecule has 1 aromatic carbocycles. The Morgan fingerprint density at radius 2 is 2.18 bits per heavy atom. The van der Waals surface area contributed by atoms with Gasteiger partial charge in [-0.15, -0.1) is 11.3 Å². The van der Waals surface area contributed by atoms with Crippen molar-refractivity contribution in [3.8, 4) is 5.75 Å². The zero-order valence-electron chi connectivity index (χ0n) is 9.59. The first-order chi connectivity index (χ1) is 8.22. The number of para-hydroxylation sites is 1. The highest BCUT2D eigenvalue weighted by Crippen LogP contribution is 2.31. The van der Waals surface area contributed by atoms with Gasteiger partial charge in [-0.25, -0.2) is 0 Å². The van der Waals surface area contributed by atoms with Gasteiger partial charge >= 0.3 is 0 Å². The summed E-state index contributed by atoms with van der Waals surface area (Å²) in [6.07, 6.45) is -0.0153. The Hall–Kier alpha value is -1.52. The highest BCUT2D eigenvalue weighted by atomic mass is 32.1. The molecule has 1 aromatic heterocycles. The Labute approximate surface area is 104 Å². The van der Waals surface area contributed by atoms with Gasteiger partial charge in [-0.2, -0.15) is 0 Å². The van der Waals surface area contributed by atoms with Crippen LogP contribution in [0.1, 0.15) is 16.5 Å². The Morgan fingerprint density at radius 3 is 2.82 bits per heavy atom. The number of nitrogen functional groups attached to an aromatic ring is 1. The van der Waals surface area contributed by atoms with E-state index in [4.69, 9.17) is 10.5 Å². The monoisotopic (exact) mass is 249 g/mol. The molecule has 1 atom stereocenters. The van der Waals surface area contributed by atoms with Crippen molar-refractivity contribution in [1.82, 2.24) is 0 Å². The van der Waals surface area contributed by atoms with E-state index >= 15 is 0 Å². The molecular weight excluding hydrogens is 234 g/mol. The number of methoxy groups -OCH3 is 1. The molecular formula is C13H15NO2S. The third-order valence-electron chi connectivity index (χ3n) is 2.65. The molecule has 1 heterocycles. The fourth-order valence-corrected chi connectivity index (χ4v) is 2.50. The second kappa shape index (κ2) is 5.21. The summed E-state index contributed by atoms with van der Waals surface area (Å²) in [5.41, 5.74) is 7.18. The summed E-state index contributed by atoms with van der Waals surface area (Å²) < 4.78 is 5.14. The molecule has 3 N–H and O–H groups in total. The average Bonchev–Trinajstić information content (AvgIpc) is 2.82. The van der Waals surface area contributed by atoms with Crippen LogP contribution in [0.25, 0.3) is 0 Å². The van der Waals surface area contributed by atoms with Crippen LogP contribution in [0.15, 0.2) is 35.7 Å². The Bertz CT molecular complexity index is 482. The summed E-state index contributed by atoms with van der Waals surface area (Å²) in [7, 11) is 1.57. The van der Waals surface area contributed by atoms with Crippen molar-refractivity contribution in [3.63, 3.8) is 0 Å². The van der Waals surface area contributed by atoms with Gasteiger partial charge in [-0.3, -0.25) is 0 Å². The minimum Gasteiger partial charge on any atom is -0.495 e. The lowest BCUT2D eigenvalue weighted by Gasteiger charge is -2.14. The molecule has 0 saturated carbocycles. The summed E-state index contributed by atoms with van der Waals surface area (Å²) >= 11 is 1.63. The van der Waals surface area contributed by atoms with Gasteiger partial charge in [0.1, 0.15) is 5.75 Å². The first-order valence-corrected chi connectivity index (χ1v) is 6.23. The number of benzene rings is 1. The molecule has 4 heteroatoms. The standard InChI is InChI=1S/C13H15NO2S/c1-16-12-6-2-5-10(13(12)14)11(15)8-9-4-3-7-17-9/h2-7,11,15H,8,14H2,1H3. The van der Waals surface area contributed by atoms with E-state index in [9.17, 15) is 5.11 Å². The predicted molar refractivity (Wildman–Crippen MR) is 70.4 cm³/mol. The van der Waals surface area contributed by atoms with Crippen LogP contribution in [0.4, 0.5) is 5.69 Å². The summed E-state index contributed by atoms with van der Waals surface area (Å²) in [4.78, 5) is 1.14. The summed E-state index contributed by atoms with van der Waals surface area (Å²) in [5.74, 6) is 0.604. The van der Waals surface area contributed by atoms with Crippen molar-refractivity contribution in [3.05, 3.63) is 46.2 Å². The second-order valence-corrected chi connectivity index (χ2v) is 4.79. The maximum atomic E-state index is 10.2. The van der Waals surface area contributed by atoms with E-state index in [-0.39, 0.29) is 0 Å². The lowest BCUT2D eigenvalue weighted by molar-refractivity contribution is 0.180. The zero-order valence-corrected chi connectivity index (χ0v) is 10.4. The average molecular weight is 249 g/mol. The third kappa shape index (κ3) is 2.60. The quantitative estimate of drug-likeness (QED) is 0.819. The first kappa shape index (κ1) is 12.0. The zero-order chi connectivity index (χ0) is 12.3. The molecule has 0 aliphatic heterocycles. The van der Waals surface area contributed by atoms with E-state index < -0.39 is 6.10 Å². The van der Waals surface area contributed by atoms with Crippen molar-refractivity contribution >= 4 is 17.0 Å². The lowest BCUT2D eigenvalue weighted by Crippen LogP contribution is -2.05. The minimum absolute atomic E-state index is 0.513. The van der Waals surface area contributed by atoms with Crippen molar-refractivity contribution in [2.24, 2.45) is 0 Å². The third-order valence-corrected chi connectivity index (χ3v) is 3.55. The van der Waals surface area contributed by atoms with E-state index in [2.05, 4.69) is 0 Å². The van der Waals surface area contributed by atoms with Gasteiger partial charge in [0, 0.05) is 16.9 Å². The minimum atomic E-state index is -0.594. The van der Waals surface area contributed by atoms with Crippen molar-refractivity contribution < 1.29 is 9.84 Å². The fourth-order valence-electron chi connectivity index (χ4n) is 1.76. The number of hydrogen-bond acceptors (Lipinski definition) is 4. The SMILES string of the molecule is COc1cccc(C(O)Cc2cccs2)c1N. The number of ether oxygens (including phenoxy) is 1. The first-order valence-electron chi connectivity index (χ1n) is 5.35. The molecule has 17 heavy (non-hydrogen) atoms. The summed E-state index contributed by atoms with van der Waals surface area (Å²) in [6.45, 7) is 0. The Morgan fingerprint density at radius 1 is 1.35 bits per heavy atom.